The van der Waals surface area contributed by atoms with Crippen LogP contribution in [0.3, 0.4) is 0 Å². The standard InChI is InChI=1S/C46H78N10O14/c1-22(2)17-28(49-40(63)30(21-57)51-44(67)35(24(5)6)52-38(61)27(47)19-34(59)60)39(62)48-20-33(58)55-15-11-13-31(55)41(64)53-36(25(7)8)43(66)50-29(18-23(3)4)45(68)56-16-12-14-32(56)42(65)54-37(26(9)10)46(69)70/h22-32,35-37,57H,11-21,47H2,1-10H3,(H,48,62)(H,49,63)(H,50,66)(H,51,67)(H,52,61)(H,53,64)(H,54,65)(H,59,60)(H,69,70)/t27-,28-,29-,30-,31-,32-,35-,36-,37-/m0/s1. The molecule has 9 atom stereocenters. The zero-order chi connectivity index (χ0) is 53.3. The van der Waals surface area contributed by atoms with E-state index < -0.39 is 157 Å². The average Bonchev–Trinajstić information content (AvgIpc) is 3.97. The van der Waals surface area contributed by atoms with Gasteiger partial charge in [-0.05, 0) is 68.1 Å². The van der Waals surface area contributed by atoms with Gasteiger partial charge in [-0.25, -0.2) is 4.79 Å². The zero-order valence-corrected chi connectivity index (χ0v) is 42.2. The number of amides is 9. The van der Waals surface area contributed by atoms with E-state index in [9.17, 15) is 63.0 Å². The van der Waals surface area contributed by atoms with E-state index in [1.54, 1.807) is 55.4 Å². The van der Waals surface area contributed by atoms with E-state index in [-0.39, 0.29) is 44.2 Å². The van der Waals surface area contributed by atoms with Gasteiger partial charge in [0.2, 0.25) is 53.2 Å². The Kier molecular flexibility index (Phi) is 24.1. The van der Waals surface area contributed by atoms with Crippen LogP contribution in [0.5, 0.6) is 0 Å². The highest BCUT2D eigenvalue weighted by Crippen LogP contribution is 2.22. The molecule has 9 amide bonds. The topological polar surface area (TPSA) is 365 Å². The van der Waals surface area contributed by atoms with E-state index in [1.165, 1.54) is 9.80 Å². The molecular formula is C46H78N10O14. The highest BCUT2D eigenvalue weighted by Gasteiger charge is 2.42. The lowest BCUT2D eigenvalue weighted by Gasteiger charge is -2.32. The third-order valence-electron chi connectivity index (χ3n) is 12.1. The Morgan fingerprint density at radius 2 is 0.986 bits per heavy atom. The third-order valence-corrected chi connectivity index (χ3v) is 12.1. The number of rotatable bonds is 27. The Labute approximate surface area is 409 Å². The number of carboxylic acid groups (broad SMARTS) is 2. The van der Waals surface area contributed by atoms with Crippen LogP contribution in [-0.4, -0.2) is 171 Å². The lowest BCUT2D eigenvalue weighted by Crippen LogP contribution is -2.60. The average molecular weight is 995 g/mol. The normalized spacial score (nSPS) is 18.9. The molecule has 0 aromatic rings. The van der Waals surface area contributed by atoms with Crippen LogP contribution in [0.2, 0.25) is 0 Å². The second kappa shape index (κ2) is 28.1. The highest BCUT2D eigenvalue weighted by molar-refractivity contribution is 5.98. The van der Waals surface area contributed by atoms with E-state index >= 15 is 0 Å². The number of nitrogens with one attached hydrogen (secondary N) is 7. The number of nitrogens with zero attached hydrogens (tertiary/aromatic N) is 2. The molecule has 0 spiro atoms. The van der Waals surface area contributed by atoms with Gasteiger partial charge in [-0.15, -0.1) is 0 Å². The number of likely N-dealkylation sites (tertiary alicyclic amines) is 2. The fourth-order valence-electron chi connectivity index (χ4n) is 8.24. The largest absolute Gasteiger partial charge is 0.481 e. The van der Waals surface area contributed by atoms with Crippen molar-refractivity contribution >= 4 is 65.1 Å². The van der Waals surface area contributed by atoms with Crippen molar-refractivity contribution in [1.29, 1.82) is 0 Å². The minimum absolute atomic E-state index is 0.0699. The molecule has 12 N–H and O–H groups in total. The Morgan fingerprint density at radius 1 is 0.543 bits per heavy atom. The lowest BCUT2D eigenvalue weighted by molar-refractivity contribution is -0.146. The number of aliphatic carboxylic acids is 2. The first-order valence-electron chi connectivity index (χ1n) is 24.1. The number of aliphatic hydroxyl groups is 1. The molecule has 0 aromatic heterocycles. The molecule has 0 bridgehead atoms. The molecule has 2 aliphatic heterocycles. The van der Waals surface area contributed by atoms with Crippen molar-refractivity contribution in [2.75, 3.05) is 26.2 Å². The molecule has 2 aliphatic rings. The fraction of sp³-hybridized carbons (Fsp3) is 0.761. The third kappa shape index (κ3) is 18.1. The van der Waals surface area contributed by atoms with Gasteiger partial charge < -0.3 is 68.1 Å². The quantitative estimate of drug-likeness (QED) is 0.0421. The number of hydrogen-bond acceptors (Lipinski definition) is 13. The summed E-state index contributed by atoms with van der Waals surface area (Å²) in [5, 5.41) is 46.4. The fourth-order valence-corrected chi connectivity index (χ4v) is 8.24. The molecule has 0 aliphatic carbocycles. The molecule has 2 fully saturated rings. The van der Waals surface area contributed by atoms with Gasteiger partial charge in [0.15, 0.2) is 0 Å². The molecule has 0 saturated carbocycles. The summed E-state index contributed by atoms with van der Waals surface area (Å²) in [5.74, 6) is -10.9. The van der Waals surface area contributed by atoms with Crippen LogP contribution < -0.4 is 43.0 Å². The minimum Gasteiger partial charge on any atom is -0.481 e. The molecule has 0 unspecified atom stereocenters. The van der Waals surface area contributed by atoms with Crippen molar-refractivity contribution in [2.24, 2.45) is 35.3 Å². The summed E-state index contributed by atoms with van der Waals surface area (Å²) in [7, 11) is 0. The Balaban J connectivity index is 2.15. The van der Waals surface area contributed by atoms with Gasteiger partial charge >= 0.3 is 11.9 Å². The monoisotopic (exact) mass is 995 g/mol. The first kappa shape index (κ1) is 60.2. The highest BCUT2D eigenvalue weighted by atomic mass is 16.4. The maximum absolute atomic E-state index is 14.1. The van der Waals surface area contributed by atoms with Gasteiger partial charge in [-0.1, -0.05) is 69.2 Å². The number of hydrogen-bond donors (Lipinski definition) is 11. The summed E-state index contributed by atoms with van der Waals surface area (Å²) in [4.78, 5) is 147. The number of nitrogens with two attached hydrogens (primary N) is 1. The Hall–Kier alpha value is -5.91. The van der Waals surface area contributed by atoms with E-state index in [0.29, 0.717) is 19.3 Å². The smallest absolute Gasteiger partial charge is 0.326 e. The van der Waals surface area contributed by atoms with Gasteiger partial charge in [-0.3, -0.25) is 47.9 Å². The van der Waals surface area contributed by atoms with Crippen LogP contribution in [-0.2, 0) is 52.7 Å². The van der Waals surface area contributed by atoms with Crippen molar-refractivity contribution < 1.29 is 68.1 Å². The first-order chi connectivity index (χ1) is 32.6. The van der Waals surface area contributed by atoms with Crippen LogP contribution in [0.4, 0.5) is 0 Å². The SMILES string of the molecule is CC(C)C[C@H](NC(=O)[C@H](CO)NC(=O)[C@@H](NC(=O)[C@@H](N)CC(=O)O)C(C)C)C(=O)NCC(=O)N1CCC[C@H]1C(=O)N[C@H](C(=O)N[C@@H](CC(C)C)C(=O)N1CCC[C@H]1C(=O)N[C@H](C(=O)O)C(C)C)C(C)C. The van der Waals surface area contributed by atoms with E-state index in [4.69, 9.17) is 10.8 Å². The molecule has 24 heteroatoms. The molecule has 396 valence electrons. The predicted octanol–water partition coefficient (Wildman–Crippen LogP) is -2.07. The number of aliphatic hydroxyl groups excluding tert-OH is 1. The second-order valence-corrected chi connectivity index (χ2v) is 20.0. The maximum atomic E-state index is 14.1. The van der Waals surface area contributed by atoms with Crippen LogP contribution in [0.15, 0.2) is 0 Å². The molecule has 0 radical (unpaired) electrons. The van der Waals surface area contributed by atoms with Crippen molar-refractivity contribution in [2.45, 2.75) is 169 Å². The number of carboxylic acids is 2. The second-order valence-electron chi connectivity index (χ2n) is 20.0. The van der Waals surface area contributed by atoms with Gasteiger partial charge in [-0.2, -0.15) is 0 Å². The Morgan fingerprint density at radius 3 is 1.46 bits per heavy atom. The van der Waals surface area contributed by atoms with E-state index in [0.717, 1.165) is 0 Å². The Bertz CT molecular complexity index is 1890. The summed E-state index contributed by atoms with van der Waals surface area (Å²) in [6.45, 7) is 16.0. The number of carbonyl (C=O) groups excluding carboxylic acids is 9. The van der Waals surface area contributed by atoms with E-state index in [2.05, 4.69) is 37.2 Å². The van der Waals surface area contributed by atoms with Crippen LogP contribution >= 0.6 is 0 Å². The van der Waals surface area contributed by atoms with Crippen LogP contribution in [0.1, 0.15) is 114 Å². The van der Waals surface area contributed by atoms with Crippen LogP contribution in [0, 0.1) is 29.6 Å². The molecular weight excluding hydrogens is 917 g/mol. The first-order valence-corrected chi connectivity index (χ1v) is 24.1. The van der Waals surface area contributed by atoms with Gasteiger partial charge in [0.1, 0.15) is 48.3 Å². The van der Waals surface area contributed by atoms with Gasteiger partial charge in [0, 0.05) is 13.1 Å². The summed E-state index contributed by atoms with van der Waals surface area (Å²) >= 11 is 0. The molecule has 2 rings (SSSR count). The molecule has 2 saturated heterocycles. The maximum Gasteiger partial charge on any atom is 0.326 e. The zero-order valence-electron chi connectivity index (χ0n) is 42.2. The van der Waals surface area contributed by atoms with Crippen molar-refractivity contribution in [3.8, 4) is 0 Å². The summed E-state index contributed by atoms with van der Waals surface area (Å²) in [6, 6.07) is -11.0. The molecule has 70 heavy (non-hydrogen) atoms. The van der Waals surface area contributed by atoms with Crippen LogP contribution in [0.25, 0.3) is 0 Å². The molecule has 0 aromatic carbocycles. The van der Waals surface area contributed by atoms with Crippen molar-refractivity contribution in [3.05, 3.63) is 0 Å². The summed E-state index contributed by atoms with van der Waals surface area (Å²) < 4.78 is 0. The minimum atomic E-state index is -1.59. The van der Waals surface area contributed by atoms with Gasteiger partial charge in [0.05, 0.1) is 25.6 Å². The van der Waals surface area contributed by atoms with Crippen molar-refractivity contribution in [1.82, 2.24) is 47.0 Å². The van der Waals surface area contributed by atoms with Crippen molar-refractivity contribution in [3.63, 3.8) is 0 Å². The van der Waals surface area contributed by atoms with Gasteiger partial charge in [0.25, 0.3) is 0 Å². The summed E-state index contributed by atoms with van der Waals surface area (Å²) in [5.41, 5.74) is 5.63. The number of carbonyl (C=O) groups is 11. The summed E-state index contributed by atoms with van der Waals surface area (Å²) in [6.07, 6.45) is 1.02. The molecule has 24 nitrogen and oxygen atoms in total. The predicted molar refractivity (Wildman–Crippen MR) is 252 cm³/mol. The molecule has 2 heterocycles. The lowest BCUT2D eigenvalue weighted by atomic mass is 9.98. The van der Waals surface area contributed by atoms with E-state index in [1.807, 2.05) is 13.8 Å².